The van der Waals surface area contributed by atoms with E-state index in [4.69, 9.17) is 0 Å². The van der Waals surface area contributed by atoms with E-state index in [1.807, 2.05) is 0 Å². The van der Waals surface area contributed by atoms with E-state index in [1.165, 1.54) is 44.0 Å². The monoisotopic (exact) mass is 243 g/mol. The summed E-state index contributed by atoms with van der Waals surface area (Å²) in [4.78, 5) is 4.95. The van der Waals surface area contributed by atoms with Crippen LogP contribution >= 0.6 is 11.8 Å². The molecule has 0 aromatic heterocycles. The molecule has 1 N–H and O–H groups in total. The number of hydrogen-bond donors (Lipinski definition) is 1. The SMILES string of the molecule is CN1CCN(C)C(CNC2CCSCC2)C1. The van der Waals surface area contributed by atoms with Crippen LogP contribution in [0.5, 0.6) is 0 Å². The molecule has 3 nitrogen and oxygen atoms in total. The molecule has 2 heterocycles. The number of nitrogens with zero attached hydrogens (tertiary/aromatic N) is 2. The van der Waals surface area contributed by atoms with Crippen molar-refractivity contribution in [3.63, 3.8) is 0 Å². The Bertz CT molecular complexity index is 206. The summed E-state index contributed by atoms with van der Waals surface area (Å²) in [6.07, 6.45) is 2.72. The van der Waals surface area contributed by atoms with Gasteiger partial charge in [0.2, 0.25) is 0 Å². The molecule has 0 aromatic rings. The van der Waals surface area contributed by atoms with Crippen LogP contribution < -0.4 is 5.32 Å². The molecule has 2 aliphatic heterocycles. The molecule has 2 fully saturated rings. The third-order valence-corrected chi connectivity index (χ3v) is 4.89. The first-order chi connectivity index (χ1) is 7.75. The lowest BCUT2D eigenvalue weighted by Crippen LogP contribution is -2.55. The van der Waals surface area contributed by atoms with E-state index in [-0.39, 0.29) is 0 Å². The zero-order valence-electron chi connectivity index (χ0n) is 10.6. The largest absolute Gasteiger partial charge is 0.312 e. The van der Waals surface area contributed by atoms with Gasteiger partial charge in [-0.3, -0.25) is 4.90 Å². The van der Waals surface area contributed by atoms with Crippen molar-refractivity contribution in [1.29, 1.82) is 0 Å². The maximum Gasteiger partial charge on any atom is 0.0345 e. The van der Waals surface area contributed by atoms with Gasteiger partial charge in [-0.25, -0.2) is 0 Å². The Kier molecular flexibility index (Phi) is 4.95. The lowest BCUT2D eigenvalue weighted by atomic mass is 10.1. The zero-order valence-corrected chi connectivity index (χ0v) is 11.4. The van der Waals surface area contributed by atoms with Crippen molar-refractivity contribution in [2.75, 3.05) is 51.8 Å². The molecular weight excluding hydrogens is 218 g/mol. The van der Waals surface area contributed by atoms with Crippen LogP contribution in [-0.2, 0) is 0 Å². The first-order valence-corrected chi connectivity index (χ1v) is 7.61. The van der Waals surface area contributed by atoms with E-state index >= 15 is 0 Å². The third kappa shape index (κ3) is 3.62. The molecule has 0 aromatic carbocycles. The van der Waals surface area contributed by atoms with Crippen molar-refractivity contribution in [2.45, 2.75) is 24.9 Å². The van der Waals surface area contributed by atoms with Gasteiger partial charge in [0, 0.05) is 38.3 Å². The minimum absolute atomic E-state index is 0.702. The van der Waals surface area contributed by atoms with Gasteiger partial charge in [-0.1, -0.05) is 0 Å². The van der Waals surface area contributed by atoms with Gasteiger partial charge in [-0.2, -0.15) is 11.8 Å². The summed E-state index contributed by atoms with van der Waals surface area (Å²) in [5.41, 5.74) is 0. The summed E-state index contributed by atoms with van der Waals surface area (Å²) >= 11 is 2.10. The summed E-state index contributed by atoms with van der Waals surface area (Å²) in [7, 11) is 4.49. The second kappa shape index (κ2) is 6.24. The van der Waals surface area contributed by atoms with Gasteiger partial charge in [-0.05, 0) is 38.4 Å². The summed E-state index contributed by atoms with van der Waals surface area (Å²) in [5.74, 6) is 2.69. The Morgan fingerprint density at radius 3 is 2.69 bits per heavy atom. The highest BCUT2D eigenvalue weighted by Crippen LogP contribution is 2.17. The number of hydrogen-bond acceptors (Lipinski definition) is 4. The molecule has 4 heteroatoms. The van der Waals surface area contributed by atoms with E-state index in [0.29, 0.717) is 6.04 Å². The van der Waals surface area contributed by atoms with Crippen LogP contribution in [0.2, 0.25) is 0 Å². The van der Waals surface area contributed by atoms with Crippen LogP contribution in [0.15, 0.2) is 0 Å². The number of piperazine rings is 1. The third-order valence-electron chi connectivity index (χ3n) is 3.84. The van der Waals surface area contributed by atoms with E-state index in [1.54, 1.807) is 0 Å². The predicted molar refractivity (Wildman–Crippen MR) is 72.3 cm³/mol. The predicted octanol–water partition coefficient (Wildman–Crippen LogP) is 0.717. The van der Waals surface area contributed by atoms with Crippen molar-refractivity contribution in [1.82, 2.24) is 15.1 Å². The first kappa shape index (κ1) is 12.7. The lowest BCUT2D eigenvalue weighted by molar-refractivity contribution is 0.111. The fraction of sp³-hybridized carbons (Fsp3) is 1.00. The van der Waals surface area contributed by atoms with Crippen LogP contribution in [0.25, 0.3) is 0 Å². The highest BCUT2D eigenvalue weighted by atomic mass is 32.2. The van der Waals surface area contributed by atoms with Crippen LogP contribution in [0.3, 0.4) is 0 Å². The molecule has 2 saturated heterocycles. The molecule has 94 valence electrons. The topological polar surface area (TPSA) is 18.5 Å². The number of rotatable bonds is 3. The van der Waals surface area contributed by atoms with E-state index in [9.17, 15) is 0 Å². The Morgan fingerprint density at radius 2 is 1.94 bits per heavy atom. The van der Waals surface area contributed by atoms with Gasteiger partial charge in [-0.15, -0.1) is 0 Å². The van der Waals surface area contributed by atoms with E-state index in [2.05, 4.69) is 41.0 Å². The molecule has 1 unspecified atom stereocenters. The van der Waals surface area contributed by atoms with Gasteiger partial charge in [0.1, 0.15) is 0 Å². The van der Waals surface area contributed by atoms with Crippen molar-refractivity contribution < 1.29 is 0 Å². The molecule has 0 aliphatic carbocycles. The molecule has 0 amide bonds. The molecule has 0 saturated carbocycles. The van der Waals surface area contributed by atoms with Gasteiger partial charge in [0.15, 0.2) is 0 Å². The number of likely N-dealkylation sites (N-methyl/N-ethyl adjacent to an activating group) is 2. The molecule has 2 aliphatic rings. The number of thioether (sulfide) groups is 1. The maximum absolute atomic E-state index is 3.76. The zero-order chi connectivity index (χ0) is 11.4. The van der Waals surface area contributed by atoms with Crippen LogP contribution in [0.1, 0.15) is 12.8 Å². The van der Waals surface area contributed by atoms with Crippen molar-refractivity contribution >= 4 is 11.8 Å². The first-order valence-electron chi connectivity index (χ1n) is 6.45. The Balaban J connectivity index is 1.71. The summed E-state index contributed by atoms with van der Waals surface area (Å²) in [5, 5.41) is 3.76. The van der Waals surface area contributed by atoms with Crippen molar-refractivity contribution in [3.05, 3.63) is 0 Å². The quantitative estimate of drug-likeness (QED) is 0.787. The second-order valence-corrected chi connectivity index (χ2v) is 6.42. The molecule has 0 bridgehead atoms. The minimum Gasteiger partial charge on any atom is -0.312 e. The van der Waals surface area contributed by atoms with Crippen LogP contribution in [0.4, 0.5) is 0 Å². The number of nitrogens with one attached hydrogen (secondary N) is 1. The molecule has 16 heavy (non-hydrogen) atoms. The highest BCUT2D eigenvalue weighted by molar-refractivity contribution is 7.99. The maximum atomic E-state index is 3.76. The highest BCUT2D eigenvalue weighted by Gasteiger charge is 2.23. The van der Waals surface area contributed by atoms with Gasteiger partial charge in [0.25, 0.3) is 0 Å². The average molecular weight is 243 g/mol. The van der Waals surface area contributed by atoms with Crippen LogP contribution in [-0.4, -0.2) is 73.7 Å². The normalized spacial score (nSPS) is 30.8. The average Bonchev–Trinajstić information content (AvgIpc) is 2.32. The standard InChI is InChI=1S/C12H25N3S/c1-14-5-6-15(2)12(10-14)9-13-11-3-7-16-8-4-11/h11-13H,3-10H2,1-2H3. The van der Waals surface area contributed by atoms with E-state index < -0.39 is 0 Å². The lowest BCUT2D eigenvalue weighted by Gasteiger charge is -2.38. The molecule has 1 atom stereocenters. The fourth-order valence-corrected chi connectivity index (χ4v) is 3.63. The van der Waals surface area contributed by atoms with Gasteiger partial charge >= 0.3 is 0 Å². The van der Waals surface area contributed by atoms with Crippen molar-refractivity contribution in [2.24, 2.45) is 0 Å². The van der Waals surface area contributed by atoms with Crippen LogP contribution in [0, 0.1) is 0 Å². The van der Waals surface area contributed by atoms with Gasteiger partial charge < -0.3 is 10.2 Å². The Hall–Kier alpha value is 0.230. The van der Waals surface area contributed by atoms with Crippen molar-refractivity contribution in [3.8, 4) is 0 Å². The molecule has 2 rings (SSSR count). The Labute approximate surface area is 104 Å². The van der Waals surface area contributed by atoms with E-state index in [0.717, 1.165) is 12.6 Å². The fourth-order valence-electron chi connectivity index (χ4n) is 2.53. The molecular formula is C12H25N3S. The molecule has 0 radical (unpaired) electrons. The molecule has 0 spiro atoms. The minimum atomic E-state index is 0.702. The van der Waals surface area contributed by atoms with Gasteiger partial charge in [0.05, 0.1) is 0 Å². The second-order valence-electron chi connectivity index (χ2n) is 5.19. The summed E-state index contributed by atoms with van der Waals surface area (Å²) in [6.45, 7) is 4.80. The summed E-state index contributed by atoms with van der Waals surface area (Å²) < 4.78 is 0. The smallest absolute Gasteiger partial charge is 0.0345 e. The summed E-state index contributed by atoms with van der Waals surface area (Å²) in [6, 6.07) is 1.48. The Morgan fingerprint density at radius 1 is 1.19 bits per heavy atom.